The van der Waals surface area contributed by atoms with E-state index in [-0.39, 0.29) is 29.4 Å². The van der Waals surface area contributed by atoms with E-state index in [9.17, 15) is 9.59 Å². The van der Waals surface area contributed by atoms with E-state index in [2.05, 4.69) is 23.3 Å². The van der Waals surface area contributed by atoms with Crippen LogP contribution in [0.3, 0.4) is 0 Å². The second-order valence-electron chi connectivity index (χ2n) is 5.81. The average Bonchev–Trinajstić information content (AvgIpc) is 3.14. The Balaban J connectivity index is 2.02. The standard InChI is InChI=1S/C19H20N2O4S/c1-5-12-7-8-13-14(9-12)26-19(20-13)21-17-16(18(23)24-6-2)15(10(3)22)11(4)25-17/h7-9H,5-6H2,1-4H3,(H,20,21). The summed E-state index contributed by atoms with van der Waals surface area (Å²) in [6, 6.07) is 6.11. The van der Waals surface area contributed by atoms with Crippen LogP contribution in [-0.2, 0) is 11.2 Å². The second kappa shape index (κ2) is 7.29. The Hall–Kier alpha value is -2.67. The molecule has 0 bridgehead atoms. The number of aromatic nitrogens is 1. The third-order valence-electron chi connectivity index (χ3n) is 4.00. The molecule has 3 aromatic rings. The highest BCUT2D eigenvalue weighted by Gasteiger charge is 2.28. The van der Waals surface area contributed by atoms with Gasteiger partial charge in [0.25, 0.3) is 0 Å². The first-order chi connectivity index (χ1) is 12.4. The van der Waals surface area contributed by atoms with Gasteiger partial charge >= 0.3 is 5.97 Å². The fraction of sp³-hybridized carbons (Fsp3) is 0.316. The maximum absolute atomic E-state index is 12.4. The van der Waals surface area contributed by atoms with Crippen LogP contribution < -0.4 is 5.32 Å². The minimum Gasteiger partial charge on any atom is -0.462 e. The maximum atomic E-state index is 12.4. The van der Waals surface area contributed by atoms with E-state index >= 15 is 0 Å². The first-order valence-electron chi connectivity index (χ1n) is 8.42. The number of anilines is 2. The third kappa shape index (κ3) is 3.35. The molecule has 1 N–H and O–H groups in total. The lowest BCUT2D eigenvalue weighted by atomic mass is 10.1. The van der Waals surface area contributed by atoms with Gasteiger partial charge in [0.2, 0.25) is 5.88 Å². The number of carbonyl (C=O) groups excluding carboxylic acids is 2. The monoisotopic (exact) mass is 372 g/mol. The molecule has 0 saturated heterocycles. The predicted molar refractivity (Wildman–Crippen MR) is 102 cm³/mol. The van der Waals surface area contributed by atoms with Crippen LogP contribution in [0.5, 0.6) is 0 Å². The second-order valence-corrected chi connectivity index (χ2v) is 6.84. The number of nitrogens with one attached hydrogen (secondary N) is 1. The Morgan fingerprint density at radius 2 is 2.04 bits per heavy atom. The first kappa shape index (κ1) is 18.1. The Labute approximate surface area is 155 Å². The van der Waals surface area contributed by atoms with E-state index in [4.69, 9.17) is 9.15 Å². The Kier molecular flexibility index (Phi) is 5.08. The molecular weight excluding hydrogens is 352 g/mol. The molecule has 0 fully saturated rings. The van der Waals surface area contributed by atoms with E-state index in [1.807, 2.05) is 12.1 Å². The molecule has 0 radical (unpaired) electrons. The summed E-state index contributed by atoms with van der Waals surface area (Å²) in [6.45, 7) is 7.07. The molecule has 1 aromatic carbocycles. The molecule has 7 heteroatoms. The van der Waals surface area contributed by atoms with Crippen LogP contribution in [-0.4, -0.2) is 23.3 Å². The SMILES string of the molecule is CCOC(=O)c1c(Nc2nc3ccc(CC)cc3s2)oc(C)c1C(C)=O. The van der Waals surface area contributed by atoms with Gasteiger partial charge in [-0.1, -0.05) is 24.3 Å². The van der Waals surface area contributed by atoms with Gasteiger partial charge in [-0.05, 0) is 44.9 Å². The minimum absolute atomic E-state index is 0.116. The van der Waals surface area contributed by atoms with E-state index in [1.54, 1.807) is 13.8 Å². The summed E-state index contributed by atoms with van der Waals surface area (Å²) in [5.74, 6) is -0.288. The van der Waals surface area contributed by atoms with Crippen molar-refractivity contribution in [3.05, 3.63) is 40.6 Å². The number of aryl methyl sites for hydroxylation is 2. The van der Waals surface area contributed by atoms with Crippen LogP contribution in [0.4, 0.5) is 11.0 Å². The van der Waals surface area contributed by atoms with Crippen molar-refractivity contribution < 1.29 is 18.7 Å². The molecule has 2 aromatic heterocycles. The largest absolute Gasteiger partial charge is 0.462 e. The number of ether oxygens (including phenoxy) is 1. The number of ketones is 1. The lowest BCUT2D eigenvalue weighted by molar-refractivity contribution is 0.0524. The van der Waals surface area contributed by atoms with Gasteiger partial charge < -0.3 is 14.5 Å². The van der Waals surface area contributed by atoms with Crippen LogP contribution in [0.15, 0.2) is 22.6 Å². The molecule has 26 heavy (non-hydrogen) atoms. The molecule has 0 unspecified atom stereocenters. The summed E-state index contributed by atoms with van der Waals surface area (Å²) in [7, 11) is 0. The number of esters is 1. The normalized spacial score (nSPS) is 10.9. The molecular formula is C19H20N2O4S. The number of benzene rings is 1. The molecule has 0 saturated carbocycles. The number of thiazole rings is 1. The fourth-order valence-electron chi connectivity index (χ4n) is 2.79. The lowest BCUT2D eigenvalue weighted by Crippen LogP contribution is -2.11. The number of furan rings is 1. The summed E-state index contributed by atoms with van der Waals surface area (Å²) < 4.78 is 11.8. The molecule has 0 spiro atoms. The highest BCUT2D eigenvalue weighted by molar-refractivity contribution is 7.22. The molecule has 136 valence electrons. The number of hydrogen-bond donors (Lipinski definition) is 1. The Morgan fingerprint density at radius 3 is 2.69 bits per heavy atom. The zero-order valence-electron chi connectivity index (χ0n) is 15.1. The van der Waals surface area contributed by atoms with Crippen molar-refractivity contribution in [1.82, 2.24) is 4.98 Å². The van der Waals surface area contributed by atoms with Crippen LogP contribution in [0.2, 0.25) is 0 Å². The van der Waals surface area contributed by atoms with Gasteiger partial charge in [0.05, 0.1) is 22.4 Å². The molecule has 0 amide bonds. The van der Waals surface area contributed by atoms with Gasteiger partial charge in [0.15, 0.2) is 10.9 Å². The molecule has 6 nitrogen and oxygen atoms in total. The van der Waals surface area contributed by atoms with Crippen LogP contribution >= 0.6 is 11.3 Å². The molecule has 2 heterocycles. The van der Waals surface area contributed by atoms with Gasteiger partial charge in [-0.15, -0.1) is 0 Å². The molecule has 0 atom stereocenters. The van der Waals surface area contributed by atoms with Gasteiger partial charge in [-0.25, -0.2) is 9.78 Å². The number of nitrogens with zero attached hydrogens (tertiary/aromatic N) is 1. The van der Waals surface area contributed by atoms with Crippen molar-refractivity contribution in [1.29, 1.82) is 0 Å². The van der Waals surface area contributed by atoms with Crippen LogP contribution in [0, 0.1) is 6.92 Å². The zero-order valence-corrected chi connectivity index (χ0v) is 16.0. The van der Waals surface area contributed by atoms with E-state index < -0.39 is 5.97 Å². The van der Waals surface area contributed by atoms with Gasteiger partial charge in [0.1, 0.15) is 11.3 Å². The minimum atomic E-state index is -0.591. The van der Waals surface area contributed by atoms with Gasteiger partial charge in [-0.3, -0.25) is 4.79 Å². The van der Waals surface area contributed by atoms with Crippen molar-refractivity contribution in [2.75, 3.05) is 11.9 Å². The van der Waals surface area contributed by atoms with Crippen LogP contribution in [0.25, 0.3) is 10.2 Å². The predicted octanol–water partition coefficient (Wildman–Crippen LogP) is 4.88. The summed E-state index contributed by atoms with van der Waals surface area (Å²) >= 11 is 1.46. The Morgan fingerprint density at radius 1 is 1.27 bits per heavy atom. The summed E-state index contributed by atoms with van der Waals surface area (Å²) in [5.41, 5.74) is 2.45. The number of fused-ring (bicyclic) bond motifs is 1. The molecule has 0 aliphatic heterocycles. The van der Waals surface area contributed by atoms with Crippen molar-refractivity contribution in [3.63, 3.8) is 0 Å². The quantitative estimate of drug-likeness (QED) is 0.490. The summed E-state index contributed by atoms with van der Waals surface area (Å²) in [6.07, 6.45) is 0.947. The summed E-state index contributed by atoms with van der Waals surface area (Å²) in [4.78, 5) is 28.8. The Bertz CT molecular complexity index is 987. The fourth-order valence-corrected chi connectivity index (χ4v) is 3.72. The van der Waals surface area contributed by atoms with Gasteiger partial charge in [-0.2, -0.15) is 0 Å². The van der Waals surface area contributed by atoms with Crippen LogP contribution in [0.1, 0.15) is 52.8 Å². The maximum Gasteiger partial charge on any atom is 0.344 e. The lowest BCUT2D eigenvalue weighted by Gasteiger charge is -2.04. The average molecular weight is 372 g/mol. The van der Waals surface area contributed by atoms with Crippen molar-refractivity contribution >= 4 is 44.3 Å². The summed E-state index contributed by atoms with van der Waals surface area (Å²) in [5, 5.41) is 3.63. The first-order valence-corrected chi connectivity index (χ1v) is 9.24. The number of Topliss-reactive ketones (excluding diaryl/α,β-unsaturated/α-hetero) is 1. The van der Waals surface area contributed by atoms with Gasteiger partial charge in [0, 0.05) is 0 Å². The third-order valence-corrected chi connectivity index (χ3v) is 4.93. The highest BCUT2D eigenvalue weighted by Crippen LogP contribution is 2.34. The van der Waals surface area contributed by atoms with Crippen molar-refractivity contribution in [3.8, 4) is 0 Å². The zero-order chi connectivity index (χ0) is 18.8. The number of rotatable bonds is 6. The van der Waals surface area contributed by atoms with E-state index in [1.165, 1.54) is 23.8 Å². The number of hydrogen-bond acceptors (Lipinski definition) is 7. The number of carbonyl (C=O) groups is 2. The smallest absolute Gasteiger partial charge is 0.344 e. The van der Waals surface area contributed by atoms with Crippen molar-refractivity contribution in [2.24, 2.45) is 0 Å². The molecule has 0 aliphatic rings. The van der Waals surface area contributed by atoms with E-state index in [0.717, 1.165) is 16.6 Å². The topological polar surface area (TPSA) is 81.4 Å². The molecule has 0 aliphatic carbocycles. The molecule has 3 rings (SSSR count). The van der Waals surface area contributed by atoms with Crippen molar-refractivity contribution in [2.45, 2.75) is 34.1 Å². The van der Waals surface area contributed by atoms with E-state index in [0.29, 0.717) is 10.9 Å². The highest BCUT2D eigenvalue weighted by atomic mass is 32.1.